The molecule has 0 fully saturated rings. The molecule has 2 aromatic carbocycles. The van der Waals surface area contributed by atoms with E-state index < -0.39 is 0 Å². The van der Waals surface area contributed by atoms with Crippen LogP contribution in [0.1, 0.15) is 5.56 Å². The molecule has 1 amide bonds. The minimum Gasteiger partial charge on any atom is -0.452 e. The molecule has 0 saturated heterocycles. The van der Waals surface area contributed by atoms with Crippen LogP contribution in [0.2, 0.25) is 0 Å². The molecule has 0 saturated carbocycles. The average Bonchev–Trinajstić information content (AvgIpc) is 2.46. The highest BCUT2D eigenvalue weighted by molar-refractivity contribution is 5.87. The van der Waals surface area contributed by atoms with Crippen LogP contribution in [0.3, 0.4) is 0 Å². The van der Waals surface area contributed by atoms with Crippen molar-refractivity contribution in [2.75, 3.05) is 12.0 Å². The first-order valence-corrected chi connectivity index (χ1v) is 5.75. The summed E-state index contributed by atoms with van der Waals surface area (Å²) in [7, 11) is 1.39. The lowest BCUT2D eigenvalue weighted by Gasteiger charge is -2.21. The lowest BCUT2D eigenvalue weighted by atomic mass is 10.2. The average molecular weight is 241 g/mol. The standard InChI is InChI=1S/C15H15NO2/c1-18-15(17)16(14-10-6-3-7-11-14)12-13-8-4-2-5-9-13/h2-11H,12H2,1H3. The summed E-state index contributed by atoms with van der Waals surface area (Å²) in [6, 6.07) is 19.3. The SMILES string of the molecule is COC(=O)N(Cc1ccccc1)c1ccccc1. The fraction of sp³-hybridized carbons (Fsp3) is 0.133. The lowest BCUT2D eigenvalue weighted by molar-refractivity contribution is 0.178. The maximum Gasteiger partial charge on any atom is 0.414 e. The van der Waals surface area contributed by atoms with Crippen LogP contribution in [-0.2, 0) is 11.3 Å². The van der Waals surface area contributed by atoms with Gasteiger partial charge in [0.1, 0.15) is 0 Å². The predicted octanol–water partition coefficient (Wildman–Crippen LogP) is 3.46. The van der Waals surface area contributed by atoms with E-state index in [1.54, 1.807) is 4.90 Å². The van der Waals surface area contributed by atoms with Crippen molar-refractivity contribution in [1.29, 1.82) is 0 Å². The van der Waals surface area contributed by atoms with Gasteiger partial charge in [0.15, 0.2) is 0 Å². The summed E-state index contributed by atoms with van der Waals surface area (Å²) in [5, 5.41) is 0. The van der Waals surface area contributed by atoms with Crippen molar-refractivity contribution in [2.24, 2.45) is 0 Å². The molecule has 92 valence electrons. The number of benzene rings is 2. The molecule has 0 aliphatic carbocycles. The molecule has 0 spiro atoms. The first-order chi connectivity index (χ1) is 8.81. The van der Waals surface area contributed by atoms with E-state index in [1.807, 2.05) is 60.7 Å². The van der Waals surface area contributed by atoms with E-state index in [2.05, 4.69) is 0 Å². The number of nitrogens with zero attached hydrogens (tertiary/aromatic N) is 1. The maximum atomic E-state index is 11.8. The van der Waals surface area contributed by atoms with Crippen LogP contribution in [-0.4, -0.2) is 13.2 Å². The van der Waals surface area contributed by atoms with Gasteiger partial charge in [-0.25, -0.2) is 4.79 Å². The molecular weight excluding hydrogens is 226 g/mol. The first kappa shape index (κ1) is 12.2. The summed E-state index contributed by atoms with van der Waals surface area (Å²) in [6.45, 7) is 0.498. The summed E-state index contributed by atoms with van der Waals surface area (Å²) in [5.74, 6) is 0. The van der Waals surface area contributed by atoms with Gasteiger partial charge in [-0.1, -0.05) is 48.5 Å². The van der Waals surface area contributed by atoms with Gasteiger partial charge in [-0.05, 0) is 17.7 Å². The fourth-order valence-corrected chi connectivity index (χ4v) is 1.75. The number of carbonyl (C=O) groups excluding carboxylic acids is 1. The van der Waals surface area contributed by atoms with Crippen LogP contribution in [0.5, 0.6) is 0 Å². The smallest absolute Gasteiger partial charge is 0.414 e. The Kier molecular flexibility index (Phi) is 3.97. The normalized spacial score (nSPS) is 9.83. The number of anilines is 1. The zero-order valence-electron chi connectivity index (χ0n) is 10.2. The third-order valence-corrected chi connectivity index (χ3v) is 2.65. The molecule has 0 bridgehead atoms. The number of hydrogen-bond acceptors (Lipinski definition) is 2. The predicted molar refractivity (Wildman–Crippen MR) is 71.5 cm³/mol. The molecule has 0 heterocycles. The van der Waals surface area contributed by atoms with Crippen molar-refractivity contribution in [3.05, 3.63) is 66.2 Å². The quantitative estimate of drug-likeness (QED) is 0.823. The van der Waals surface area contributed by atoms with E-state index in [9.17, 15) is 4.79 Å². The summed E-state index contributed by atoms with van der Waals surface area (Å²) in [5.41, 5.74) is 1.89. The van der Waals surface area contributed by atoms with Crippen molar-refractivity contribution < 1.29 is 9.53 Å². The topological polar surface area (TPSA) is 29.5 Å². The monoisotopic (exact) mass is 241 g/mol. The van der Waals surface area contributed by atoms with Gasteiger partial charge in [0.05, 0.1) is 13.7 Å². The molecule has 3 nitrogen and oxygen atoms in total. The Labute approximate surface area is 107 Å². The maximum absolute atomic E-state index is 11.8. The largest absolute Gasteiger partial charge is 0.452 e. The summed E-state index contributed by atoms with van der Waals surface area (Å²) >= 11 is 0. The Morgan fingerprint density at radius 1 is 1.00 bits per heavy atom. The van der Waals surface area contributed by atoms with Crippen LogP contribution in [0.15, 0.2) is 60.7 Å². The van der Waals surface area contributed by atoms with Crippen LogP contribution < -0.4 is 4.90 Å². The van der Waals surface area contributed by atoms with Crippen molar-refractivity contribution in [3.8, 4) is 0 Å². The first-order valence-electron chi connectivity index (χ1n) is 5.75. The molecule has 0 N–H and O–H groups in total. The molecule has 0 aliphatic heterocycles. The number of para-hydroxylation sites is 1. The third-order valence-electron chi connectivity index (χ3n) is 2.65. The number of methoxy groups -OCH3 is 1. The van der Waals surface area contributed by atoms with Crippen molar-refractivity contribution in [3.63, 3.8) is 0 Å². The van der Waals surface area contributed by atoms with E-state index in [-0.39, 0.29) is 6.09 Å². The van der Waals surface area contributed by atoms with Crippen LogP contribution in [0.4, 0.5) is 10.5 Å². The number of rotatable bonds is 3. The van der Waals surface area contributed by atoms with Gasteiger partial charge < -0.3 is 4.74 Å². The molecule has 2 aromatic rings. The Morgan fingerprint density at radius 3 is 2.11 bits per heavy atom. The van der Waals surface area contributed by atoms with Gasteiger partial charge in [-0.2, -0.15) is 0 Å². The molecule has 0 radical (unpaired) electrons. The summed E-state index contributed by atoms with van der Waals surface area (Å²) in [4.78, 5) is 13.4. The number of ether oxygens (including phenoxy) is 1. The Morgan fingerprint density at radius 2 is 1.56 bits per heavy atom. The fourth-order valence-electron chi connectivity index (χ4n) is 1.75. The van der Waals surface area contributed by atoms with Gasteiger partial charge in [-0.15, -0.1) is 0 Å². The van der Waals surface area contributed by atoms with E-state index in [1.165, 1.54) is 7.11 Å². The molecule has 0 aliphatic rings. The van der Waals surface area contributed by atoms with Gasteiger partial charge in [0.2, 0.25) is 0 Å². The number of carbonyl (C=O) groups is 1. The number of amides is 1. The Balaban J connectivity index is 2.24. The van der Waals surface area contributed by atoms with Crippen molar-refractivity contribution >= 4 is 11.8 Å². The van der Waals surface area contributed by atoms with Gasteiger partial charge >= 0.3 is 6.09 Å². The van der Waals surface area contributed by atoms with Crippen molar-refractivity contribution in [2.45, 2.75) is 6.54 Å². The molecule has 0 atom stereocenters. The van der Waals surface area contributed by atoms with Crippen LogP contribution in [0, 0.1) is 0 Å². The highest BCUT2D eigenvalue weighted by Crippen LogP contribution is 2.17. The van der Waals surface area contributed by atoms with E-state index in [4.69, 9.17) is 4.74 Å². The second-order valence-corrected chi connectivity index (χ2v) is 3.88. The highest BCUT2D eigenvalue weighted by atomic mass is 16.5. The third kappa shape index (κ3) is 2.88. The minimum absolute atomic E-state index is 0.356. The molecule has 0 unspecified atom stereocenters. The van der Waals surface area contributed by atoms with E-state index in [0.29, 0.717) is 6.54 Å². The van der Waals surface area contributed by atoms with Crippen molar-refractivity contribution in [1.82, 2.24) is 0 Å². The molecule has 3 heteroatoms. The Hall–Kier alpha value is -2.29. The summed E-state index contributed by atoms with van der Waals surface area (Å²) in [6.07, 6.45) is -0.356. The van der Waals surface area contributed by atoms with Crippen LogP contribution >= 0.6 is 0 Å². The molecule has 18 heavy (non-hydrogen) atoms. The minimum atomic E-state index is -0.356. The Bertz CT molecular complexity index is 496. The zero-order chi connectivity index (χ0) is 12.8. The number of hydrogen-bond donors (Lipinski definition) is 0. The van der Waals surface area contributed by atoms with Gasteiger partial charge in [-0.3, -0.25) is 4.90 Å². The van der Waals surface area contributed by atoms with Gasteiger partial charge in [0.25, 0.3) is 0 Å². The molecule has 2 rings (SSSR count). The summed E-state index contributed by atoms with van der Waals surface area (Å²) < 4.78 is 4.83. The second-order valence-electron chi connectivity index (χ2n) is 3.88. The van der Waals surface area contributed by atoms with E-state index >= 15 is 0 Å². The lowest BCUT2D eigenvalue weighted by Crippen LogP contribution is -2.30. The van der Waals surface area contributed by atoms with E-state index in [0.717, 1.165) is 11.3 Å². The zero-order valence-corrected chi connectivity index (χ0v) is 10.2. The van der Waals surface area contributed by atoms with Gasteiger partial charge in [0, 0.05) is 5.69 Å². The van der Waals surface area contributed by atoms with Crippen LogP contribution in [0.25, 0.3) is 0 Å². The molecular formula is C15H15NO2. The second kappa shape index (κ2) is 5.87. The highest BCUT2D eigenvalue weighted by Gasteiger charge is 2.15. The molecule has 0 aromatic heterocycles.